The van der Waals surface area contributed by atoms with Crippen LogP contribution in [0.5, 0.6) is 0 Å². The molecule has 0 spiro atoms. The van der Waals surface area contributed by atoms with E-state index in [1.54, 1.807) is 0 Å². The van der Waals surface area contributed by atoms with Crippen LogP contribution in [0.15, 0.2) is 0 Å². The average molecular weight is 171 g/mol. The summed E-state index contributed by atoms with van der Waals surface area (Å²) in [4.78, 5) is 11.4. The van der Waals surface area contributed by atoms with E-state index in [4.69, 9.17) is 10.8 Å². The molecule has 3 N–H and O–H groups in total. The predicted octanol–water partition coefficient (Wildman–Crippen LogP) is 0.455. The molecular formula is C9H17NO2. The van der Waals surface area contributed by atoms with Gasteiger partial charge in [0.15, 0.2) is 5.78 Å². The fourth-order valence-corrected chi connectivity index (χ4v) is 1.78. The van der Waals surface area contributed by atoms with E-state index in [1.807, 2.05) is 0 Å². The maximum Gasteiger partial charge on any atom is 0.154 e. The van der Waals surface area contributed by atoms with Crippen LogP contribution in [0.2, 0.25) is 0 Å². The van der Waals surface area contributed by atoms with Gasteiger partial charge in [0.1, 0.15) is 0 Å². The largest absolute Gasteiger partial charge is 0.394 e. The number of rotatable bonds is 3. The third kappa shape index (κ3) is 2.29. The van der Waals surface area contributed by atoms with Crippen LogP contribution in [0, 0.1) is 5.92 Å². The zero-order chi connectivity index (χ0) is 8.97. The van der Waals surface area contributed by atoms with Crippen LogP contribution in [0.4, 0.5) is 0 Å². The van der Waals surface area contributed by atoms with E-state index in [2.05, 4.69) is 0 Å². The Labute approximate surface area is 72.9 Å². The Balaban J connectivity index is 2.39. The van der Waals surface area contributed by atoms with Gasteiger partial charge in [-0.2, -0.15) is 0 Å². The molecule has 0 aromatic heterocycles. The van der Waals surface area contributed by atoms with Crippen LogP contribution in [-0.4, -0.2) is 23.5 Å². The molecule has 1 aliphatic rings. The first-order valence-corrected chi connectivity index (χ1v) is 4.66. The zero-order valence-electron chi connectivity index (χ0n) is 7.33. The summed E-state index contributed by atoms with van der Waals surface area (Å²) >= 11 is 0. The molecule has 0 amide bonds. The number of aliphatic hydroxyl groups excluding tert-OH is 1. The summed E-state index contributed by atoms with van der Waals surface area (Å²) < 4.78 is 0. The SMILES string of the molecule is NC(CO)C(=O)C1CCCCC1. The van der Waals surface area contributed by atoms with Gasteiger partial charge in [-0.1, -0.05) is 19.3 Å². The Bertz CT molecular complexity index is 153. The summed E-state index contributed by atoms with van der Waals surface area (Å²) in [6.07, 6.45) is 5.43. The van der Waals surface area contributed by atoms with E-state index in [0.717, 1.165) is 25.7 Å². The second-order valence-corrected chi connectivity index (χ2v) is 3.53. The number of aliphatic hydroxyl groups is 1. The smallest absolute Gasteiger partial charge is 0.154 e. The summed E-state index contributed by atoms with van der Waals surface area (Å²) in [5, 5.41) is 8.69. The molecule has 1 atom stereocenters. The van der Waals surface area contributed by atoms with Crippen molar-refractivity contribution >= 4 is 5.78 Å². The highest BCUT2D eigenvalue weighted by Gasteiger charge is 2.24. The first-order chi connectivity index (χ1) is 5.75. The quantitative estimate of drug-likeness (QED) is 0.648. The molecule has 3 heteroatoms. The number of carbonyl (C=O) groups excluding carboxylic acids is 1. The number of hydrogen-bond donors (Lipinski definition) is 2. The molecule has 3 nitrogen and oxygen atoms in total. The monoisotopic (exact) mass is 171 g/mol. The molecule has 0 bridgehead atoms. The van der Waals surface area contributed by atoms with Crippen molar-refractivity contribution in [3.63, 3.8) is 0 Å². The molecule has 0 heterocycles. The molecule has 0 aromatic carbocycles. The summed E-state index contributed by atoms with van der Waals surface area (Å²) in [6, 6.07) is -0.645. The third-order valence-corrected chi connectivity index (χ3v) is 2.57. The van der Waals surface area contributed by atoms with Gasteiger partial charge in [-0.15, -0.1) is 0 Å². The van der Waals surface area contributed by atoms with E-state index in [9.17, 15) is 4.79 Å². The molecule has 0 aliphatic heterocycles. The van der Waals surface area contributed by atoms with Crippen LogP contribution in [0.25, 0.3) is 0 Å². The van der Waals surface area contributed by atoms with Gasteiger partial charge in [0, 0.05) is 5.92 Å². The van der Waals surface area contributed by atoms with Gasteiger partial charge in [-0.05, 0) is 12.8 Å². The lowest BCUT2D eigenvalue weighted by atomic mass is 9.84. The van der Waals surface area contributed by atoms with Crippen LogP contribution >= 0.6 is 0 Å². The molecule has 1 fully saturated rings. The Kier molecular flexibility index (Phi) is 3.69. The highest BCUT2D eigenvalue weighted by molar-refractivity contribution is 5.86. The van der Waals surface area contributed by atoms with E-state index < -0.39 is 6.04 Å². The molecule has 0 radical (unpaired) electrons. The second-order valence-electron chi connectivity index (χ2n) is 3.53. The van der Waals surface area contributed by atoms with Gasteiger partial charge in [-0.3, -0.25) is 4.79 Å². The topological polar surface area (TPSA) is 63.3 Å². The molecule has 1 saturated carbocycles. The minimum Gasteiger partial charge on any atom is -0.394 e. The van der Waals surface area contributed by atoms with Crippen molar-refractivity contribution in [1.29, 1.82) is 0 Å². The van der Waals surface area contributed by atoms with Crippen molar-refractivity contribution in [2.45, 2.75) is 38.1 Å². The third-order valence-electron chi connectivity index (χ3n) is 2.57. The molecule has 0 aromatic rings. The van der Waals surface area contributed by atoms with E-state index in [0.29, 0.717) is 0 Å². The van der Waals surface area contributed by atoms with Gasteiger partial charge in [-0.25, -0.2) is 0 Å². The summed E-state index contributed by atoms with van der Waals surface area (Å²) in [6.45, 7) is -0.213. The van der Waals surface area contributed by atoms with Gasteiger partial charge >= 0.3 is 0 Å². The van der Waals surface area contributed by atoms with Crippen molar-refractivity contribution in [2.24, 2.45) is 11.7 Å². The molecular weight excluding hydrogens is 154 g/mol. The number of ketones is 1. The molecule has 1 rings (SSSR count). The Morgan fingerprint density at radius 1 is 1.42 bits per heavy atom. The average Bonchev–Trinajstić information content (AvgIpc) is 2.17. The number of hydrogen-bond acceptors (Lipinski definition) is 3. The van der Waals surface area contributed by atoms with Gasteiger partial charge in [0.2, 0.25) is 0 Å². The normalized spacial score (nSPS) is 22.2. The van der Waals surface area contributed by atoms with Crippen LogP contribution < -0.4 is 5.73 Å². The number of Topliss-reactive ketones (excluding diaryl/α,β-unsaturated/α-hetero) is 1. The summed E-state index contributed by atoms with van der Waals surface area (Å²) in [7, 11) is 0. The van der Waals surface area contributed by atoms with Crippen LogP contribution in [-0.2, 0) is 4.79 Å². The van der Waals surface area contributed by atoms with Crippen molar-refractivity contribution in [1.82, 2.24) is 0 Å². The Hall–Kier alpha value is -0.410. The molecule has 1 unspecified atom stereocenters. The predicted molar refractivity (Wildman–Crippen MR) is 46.6 cm³/mol. The van der Waals surface area contributed by atoms with Crippen molar-refractivity contribution < 1.29 is 9.90 Å². The highest BCUT2D eigenvalue weighted by Crippen LogP contribution is 2.24. The zero-order valence-corrected chi connectivity index (χ0v) is 7.33. The van der Waals surface area contributed by atoms with Crippen molar-refractivity contribution in [3.8, 4) is 0 Å². The Morgan fingerprint density at radius 2 is 2.00 bits per heavy atom. The lowest BCUT2D eigenvalue weighted by Gasteiger charge is -2.22. The van der Waals surface area contributed by atoms with E-state index in [-0.39, 0.29) is 18.3 Å². The maximum atomic E-state index is 11.4. The molecule has 12 heavy (non-hydrogen) atoms. The minimum absolute atomic E-state index is 0.0530. The van der Waals surface area contributed by atoms with E-state index in [1.165, 1.54) is 6.42 Å². The first kappa shape index (κ1) is 9.68. The first-order valence-electron chi connectivity index (χ1n) is 4.66. The summed E-state index contributed by atoms with van der Waals surface area (Å²) in [5.74, 6) is 0.179. The number of nitrogens with two attached hydrogens (primary N) is 1. The van der Waals surface area contributed by atoms with Gasteiger partial charge in [0.05, 0.1) is 12.6 Å². The van der Waals surface area contributed by atoms with Crippen molar-refractivity contribution in [3.05, 3.63) is 0 Å². The fraction of sp³-hybridized carbons (Fsp3) is 0.889. The van der Waals surface area contributed by atoms with Crippen LogP contribution in [0.1, 0.15) is 32.1 Å². The lowest BCUT2D eigenvalue weighted by molar-refractivity contribution is -0.125. The van der Waals surface area contributed by atoms with E-state index >= 15 is 0 Å². The molecule has 70 valence electrons. The standard InChI is InChI=1S/C9H17NO2/c10-8(6-11)9(12)7-4-2-1-3-5-7/h7-8,11H,1-6,10H2. The highest BCUT2D eigenvalue weighted by atomic mass is 16.3. The molecule has 0 saturated heterocycles. The lowest BCUT2D eigenvalue weighted by Crippen LogP contribution is -2.39. The van der Waals surface area contributed by atoms with Gasteiger partial charge in [0.25, 0.3) is 0 Å². The van der Waals surface area contributed by atoms with Gasteiger partial charge < -0.3 is 10.8 Å². The number of carbonyl (C=O) groups is 1. The van der Waals surface area contributed by atoms with Crippen molar-refractivity contribution in [2.75, 3.05) is 6.61 Å². The Morgan fingerprint density at radius 3 is 2.50 bits per heavy atom. The summed E-state index contributed by atoms with van der Waals surface area (Å²) in [5.41, 5.74) is 5.45. The molecule has 1 aliphatic carbocycles. The maximum absolute atomic E-state index is 11.4. The fourth-order valence-electron chi connectivity index (χ4n) is 1.78. The second kappa shape index (κ2) is 4.58. The minimum atomic E-state index is -0.645. The van der Waals surface area contributed by atoms with Crippen LogP contribution in [0.3, 0.4) is 0 Å².